The van der Waals surface area contributed by atoms with Crippen molar-refractivity contribution < 1.29 is 4.39 Å². The maximum Gasteiger partial charge on any atom is 0.125 e. The molecule has 0 saturated carbocycles. The van der Waals surface area contributed by atoms with Crippen molar-refractivity contribution in [3.05, 3.63) is 42.2 Å². The van der Waals surface area contributed by atoms with Crippen molar-refractivity contribution in [2.45, 2.75) is 46.6 Å². The summed E-state index contributed by atoms with van der Waals surface area (Å²) >= 11 is 0. The summed E-state index contributed by atoms with van der Waals surface area (Å²) < 4.78 is 13.3. The molecule has 1 aromatic carbocycles. The van der Waals surface area contributed by atoms with Gasteiger partial charge in [-0.15, -0.1) is 0 Å². The number of rotatable bonds is 7. The van der Waals surface area contributed by atoms with E-state index in [4.69, 9.17) is 0 Å². The summed E-state index contributed by atoms with van der Waals surface area (Å²) in [6.45, 7) is 13.0. The monoisotopic (exact) mass is 277 g/mol. The van der Waals surface area contributed by atoms with Crippen LogP contribution >= 0.6 is 0 Å². The van der Waals surface area contributed by atoms with Gasteiger partial charge in [0.2, 0.25) is 0 Å². The van der Waals surface area contributed by atoms with Crippen molar-refractivity contribution in [1.82, 2.24) is 0 Å². The fraction of sp³-hybridized carbons (Fsp3) is 0.556. The van der Waals surface area contributed by atoms with Gasteiger partial charge in [0.1, 0.15) is 5.82 Å². The van der Waals surface area contributed by atoms with Crippen LogP contribution in [-0.4, -0.2) is 13.1 Å². The Kier molecular flexibility index (Phi) is 6.25. The van der Waals surface area contributed by atoms with Crippen LogP contribution in [0.25, 0.3) is 0 Å². The smallest absolute Gasteiger partial charge is 0.125 e. The number of hydrogen-bond acceptors (Lipinski definition) is 1. The van der Waals surface area contributed by atoms with E-state index in [2.05, 4.69) is 39.2 Å². The van der Waals surface area contributed by atoms with E-state index in [1.165, 1.54) is 11.6 Å². The average Bonchev–Trinajstić information content (AvgIpc) is 2.37. The van der Waals surface area contributed by atoms with Gasteiger partial charge in [-0.3, -0.25) is 0 Å². The highest BCUT2D eigenvalue weighted by Crippen LogP contribution is 2.24. The number of anilines is 1. The number of benzene rings is 1. The molecule has 1 rings (SSSR count). The Labute approximate surface area is 123 Å². The Balaban J connectivity index is 2.57. The quantitative estimate of drug-likeness (QED) is 0.613. The van der Waals surface area contributed by atoms with E-state index in [9.17, 15) is 4.39 Å². The highest BCUT2D eigenvalue weighted by molar-refractivity contribution is 5.46. The van der Waals surface area contributed by atoms with Gasteiger partial charge in [0.25, 0.3) is 0 Å². The van der Waals surface area contributed by atoms with Crippen LogP contribution in [0.5, 0.6) is 0 Å². The van der Waals surface area contributed by atoms with Gasteiger partial charge in [-0.05, 0) is 49.8 Å². The summed E-state index contributed by atoms with van der Waals surface area (Å²) in [7, 11) is 2.03. The van der Waals surface area contributed by atoms with Gasteiger partial charge in [0.05, 0.1) is 0 Å². The van der Waals surface area contributed by atoms with Crippen molar-refractivity contribution in [3.8, 4) is 0 Å². The lowest BCUT2D eigenvalue weighted by atomic mass is 9.90. The fourth-order valence-electron chi connectivity index (χ4n) is 2.46. The Morgan fingerprint density at radius 2 is 1.90 bits per heavy atom. The number of allylic oxidation sites excluding steroid dienone is 1. The minimum absolute atomic E-state index is 0.178. The standard InChI is InChI=1S/C18H28FN/c1-13(2)15(4)10-14(3)11-16(5)20(6)18-9-7-8-17(19)12-18/h7-9,12-14,16H,4,10-11H2,1-3,5-6H3. The van der Waals surface area contributed by atoms with Crippen molar-refractivity contribution in [2.24, 2.45) is 11.8 Å². The third kappa shape index (κ3) is 4.99. The van der Waals surface area contributed by atoms with Crippen LogP contribution in [-0.2, 0) is 0 Å². The third-order valence-corrected chi connectivity index (χ3v) is 4.05. The zero-order valence-electron chi connectivity index (χ0n) is 13.5. The zero-order chi connectivity index (χ0) is 15.3. The molecule has 0 N–H and O–H groups in total. The molecule has 2 heteroatoms. The molecule has 0 aliphatic carbocycles. The fourth-order valence-corrected chi connectivity index (χ4v) is 2.46. The molecule has 0 bridgehead atoms. The summed E-state index contributed by atoms with van der Waals surface area (Å²) in [6, 6.07) is 7.17. The lowest BCUT2D eigenvalue weighted by Gasteiger charge is -2.29. The predicted octanol–water partition coefficient (Wildman–Crippen LogP) is 5.28. The van der Waals surface area contributed by atoms with Crippen LogP contribution in [0.1, 0.15) is 40.5 Å². The predicted molar refractivity (Wildman–Crippen MR) is 86.6 cm³/mol. The zero-order valence-corrected chi connectivity index (χ0v) is 13.5. The van der Waals surface area contributed by atoms with Gasteiger partial charge >= 0.3 is 0 Å². The Morgan fingerprint density at radius 1 is 1.25 bits per heavy atom. The molecule has 0 fully saturated rings. The Hall–Kier alpha value is -1.31. The van der Waals surface area contributed by atoms with E-state index >= 15 is 0 Å². The highest BCUT2D eigenvalue weighted by atomic mass is 19.1. The number of nitrogens with zero attached hydrogens (tertiary/aromatic N) is 1. The molecule has 0 amide bonds. The lowest BCUT2D eigenvalue weighted by molar-refractivity contribution is 0.454. The molecule has 2 atom stereocenters. The van der Waals surface area contributed by atoms with Crippen LogP contribution in [0.3, 0.4) is 0 Å². The molecule has 0 aliphatic heterocycles. The minimum Gasteiger partial charge on any atom is -0.372 e. The molecule has 1 aromatic rings. The molecule has 112 valence electrons. The average molecular weight is 277 g/mol. The lowest BCUT2D eigenvalue weighted by Crippen LogP contribution is -2.30. The first kappa shape index (κ1) is 16.7. The Bertz CT molecular complexity index is 439. The first-order valence-corrected chi connectivity index (χ1v) is 7.47. The Morgan fingerprint density at radius 3 is 2.45 bits per heavy atom. The van der Waals surface area contributed by atoms with E-state index in [1.807, 2.05) is 13.1 Å². The second-order valence-electron chi connectivity index (χ2n) is 6.30. The number of halogens is 1. The summed E-state index contributed by atoms with van der Waals surface area (Å²) in [5, 5.41) is 0. The van der Waals surface area contributed by atoms with Crippen molar-refractivity contribution >= 4 is 5.69 Å². The maximum atomic E-state index is 13.3. The molecule has 0 aliphatic rings. The van der Waals surface area contributed by atoms with Gasteiger partial charge in [-0.2, -0.15) is 0 Å². The topological polar surface area (TPSA) is 3.24 Å². The van der Waals surface area contributed by atoms with Crippen molar-refractivity contribution in [2.75, 3.05) is 11.9 Å². The summed E-state index contributed by atoms with van der Waals surface area (Å²) in [6.07, 6.45) is 2.15. The van der Waals surface area contributed by atoms with E-state index in [-0.39, 0.29) is 5.82 Å². The molecular formula is C18H28FN. The van der Waals surface area contributed by atoms with Crippen LogP contribution < -0.4 is 4.90 Å². The van der Waals surface area contributed by atoms with E-state index < -0.39 is 0 Å². The van der Waals surface area contributed by atoms with Crippen LogP contribution in [0.2, 0.25) is 0 Å². The van der Waals surface area contributed by atoms with Crippen molar-refractivity contribution in [3.63, 3.8) is 0 Å². The first-order chi connectivity index (χ1) is 9.31. The van der Waals surface area contributed by atoms with E-state index in [1.54, 1.807) is 12.1 Å². The van der Waals surface area contributed by atoms with Gasteiger partial charge in [0, 0.05) is 18.8 Å². The SMILES string of the molecule is C=C(CC(C)CC(C)N(C)c1cccc(F)c1)C(C)C. The van der Waals surface area contributed by atoms with Gasteiger partial charge in [0.15, 0.2) is 0 Å². The minimum atomic E-state index is -0.178. The van der Waals surface area contributed by atoms with Crippen molar-refractivity contribution in [1.29, 1.82) is 0 Å². The molecule has 0 spiro atoms. The molecule has 0 heterocycles. The highest BCUT2D eigenvalue weighted by Gasteiger charge is 2.15. The van der Waals surface area contributed by atoms with Crippen LogP contribution in [0, 0.1) is 17.7 Å². The van der Waals surface area contributed by atoms with Crippen LogP contribution in [0.4, 0.5) is 10.1 Å². The molecule has 20 heavy (non-hydrogen) atoms. The summed E-state index contributed by atoms with van der Waals surface area (Å²) in [4.78, 5) is 2.15. The number of hydrogen-bond donors (Lipinski definition) is 0. The molecule has 1 nitrogen and oxygen atoms in total. The molecule has 0 saturated heterocycles. The second kappa shape index (κ2) is 7.47. The second-order valence-corrected chi connectivity index (χ2v) is 6.30. The van der Waals surface area contributed by atoms with Gasteiger partial charge in [-0.25, -0.2) is 4.39 Å². The summed E-state index contributed by atoms with van der Waals surface area (Å²) in [5.41, 5.74) is 2.26. The largest absolute Gasteiger partial charge is 0.372 e. The normalized spacial score (nSPS) is 14.2. The molecule has 0 radical (unpaired) electrons. The molecular weight excluding hydrogens is 249 g/mol. The van der Waals surface area contributed by atoms with E-state index in [0.29, 0.717) is 17.9 Å². The maximum absolute atomic E-state index is 13.3. The molecule has 0 aromatic heterocycles. The third-order valence-electron chi connectivity index (χ3n) is 4.05. The van der Waals surface area contributed by atoms with Gasteiger partial charge in [-0.1, -0.05) is 39.0 Å². The first-order valence-electron chi connectivity index (χ1n) is 7.47. The summed E-state index contributed by atoms with van der Waals surface area (Å²) in [5.74, 6) is 0.965. The van der Waals surface area contributed by atoms with Crippen LogP contribution in [0.15, 0.2) is 36.4 Å². The van der Waals surface area contributed by atoms with Gasteiger partial charge < -0.3 is 4.90 Å². The van der Waals surface area contributed by atoms with E-state index in [0.717, 1.165) is 18.5 Å². The molecule has 2 unspecified atom stereocenters.